The number of quaternary nitrogens is 1. The van der Waals surface area contributed by atoms with Crippen LogP contribution in [0.3, 0.4) is 0 Å². The van der Waals surface area contributed by atoms with E-state index < -0.39 is 0 Å². The molecule has 0 heterocycles. The van der Waals surface area contributed by atoms with Crippen LogP contribution in [0.15, 0.2) is 5.34 Å². The summed E-state index contributed by atoms with van der Waals surface area (Å²) < 4.78 is 0. The molecule has 0 amide bonds. The minimum absolute atomic E-state index is 1.00. The standard InChI is InChI=1S/C4H11N.HNO2/c1-3-5-4-2;2-1-3/h5H,3-4H2,1-2H3;(H,2,3). The minimum atomic E-state index is 1.00. The van der Waals surface area contributed by atoms with Gasteiger partial charge in [-0.05, 0) is 13.8 Å². The molecule has 0 spiro atoms. The van der Waals surface area contributed by atoms with Crippen LogP contribution >= 0.6 is 0 Å². The normalized spacial score (nSPS) is 6.75. The van der Waals surface area contributed by atoms with Gasteiger partial charge < -0.3 is 15.4 Å². The SMILES string of the molecule is CC[NH2+]CC.O=N[O-]. The monoisotopic (exact) mass is 120 g/mol. The molecule has 50 valence electrons. The lowest BCUT2D eigenvalue weighted by molar-refractivity contribution is -0.648. The molecule has 0 rings (SSSR count). The maximum Gasteiger partial charge on any atom is 0.0726 e. The van der Waals surface area contributed by atoms with Gasteiger partial charge in [0.05, 0.1) is 13.1 Å². The Balaban J connectivity index is 0. The Morgan fingerprint density at radius 1 is 1.50 bits per heavy atom. The highest BCUT2D eigenvalue weighted by Crippen LogP contribution is 1.34. The van der Waals surface area contributed by atoms with Crippen molar-refractivity contribution in [3.63, 3.8) is 0 Å². The Kier molecular flexibility index (Phi) is 21.0. The Hall–Kier alpha value is -0.640. The highest BCUT2D eigenvalue weighted by atomic mass is 16.6. The molecule has 8 heavy (non-hydrogen) atoms. The Labute approximate surface area is 48.8 Å². The van der Waals surface area contributed by atoms with Crippen molar-refractivity contribution in [3.8, 4) is 0 Å². The summed E-state index contributed by atoms with van der Waals surface area (Å²) >= 11 is 0. The van der Waals surface area contributed by atoms with Crippen LogP contribution in [0, 0.1) is 10.1 Å². The van der Waals surface area contributed by atoms with Gasteiger partial charge in [-0.15, -0.1) is 5.34 Å². The molecule has 0 saturated carbocycles. The number of hydrogen-bond donors (Lipinski definition) is 1. The van der Waals surface area contributed by atoms with Crippen molar-refractivity contribution in [1.29, 1.82) is 0 Å². The zero-order chi connectivity index (χ0) is 6.83. The van der Waals surface area contributed by atoms with Crippen LogP contribution in [0.25, 0.3) is 0 Å². The van der Waals surface area contributed by atoms with E-state index in [9.17, 15) is 0 Å². The first-order chi connectivity index (χ1) is 3.83. The van der Waals surface area contributed by atoms with E-state index in [0.717, 1.165) is 5.34 Å². The van der Waals surface area contributed by atoms with Crippen molar-refractivity contribution in [1.82, 2.24) is 0 Å². The summed E-state index contributed by atoms with van der Waals surface area (Å²) in [7, 11) is 0. The van der Waals surface area contributed by atoms with Gasteiger partial charge in [0, 0.05) is 0 Å². The lowest BCUT2D eigenvalue weighted by Gasteiger charge is -1.83. The second-order valence-electron chi connectivity index (χ2n) is 1.18. The van der Waals surface area contributed by atoms with Crippen molar-refractivity contribution in [3.05, 3.63) is 10.1 Å². The van der Waals surface area contributed by atoms with Gasteiger partial charge in [-0.25, -0.2) is 0 Å². The second kappa shape index (κ2) is 16.2. The van der Waals surface area contributed by atoms with Crippen LogP contribution in [-0.4, -0.2) is 13.1 Å². The topological polar surface area (TPSA) is 69.1 Å². The van der Waals surface area contributed by atoms with E-state index in [1.165, 1.54) is 13.1 Å². The van der Waals surface area contributed by atoms with Crippen molar-refractivity contribution >= 4 is 0 Å². The molecule has 0 aromatic carbocycles. The van der Waals surface area contributed by atoms with Crippen molar-refractivity contribution in [2.45, 2.75) is 13.8 Å². The van der Waals surface area contributed by atoms with Crippen molar-refractivity contribution < 1.29 is 5.32 Å². The number of hydrogen-bond acceptors (Lipinski definition) is 3. The van der Waals surface area contributed by atoms with Crippen LogP contribution in [0.5, 0.6) is 0 Å². The summed E-state index contributed by atoms with van der Waals surface area (Å²) in [4.78, 5) is 8.00. The smallest absolute Gasteiger partial charge is 0.0726 e. The first-order valence-electron chi connectivity index (χ1n) is 2.60. The summed E-state index contributed by atoms with van der Waals surface area (Å²) in [5.74, 6) is 0. The molecule has 0 atom stereocenters. The van der Waals surface area contributed by atoms with Gasteiger partial charge in [0.2, 0.25) is 0 Å². The van der Waals surface area contributed by atoms with Gasteiger partial charge in [0.15, 0.2) is 0 Å². The van der Waals surface area contributed by atoms with Gasteiger partial charge in [-0.1, -0.05) is 0 Å². The molecule has 2 N–H and O–H groups in total. The molecule has 0 bridgehead atoms. The van der Waals surface area contributed by atoms with Crippen LogP contribution < -0.4 is 5.32 Å². The average molecular weight is 120 g/mol. The van der Waals surface area contributed by atoms with E-state index in [2.05, 4.69) is 19.2 Å². The van der Waals surface area contributed by atoms with Crippen LogP contribution in [-0.2, 0) is 0 Å². The predicted octanol–water partition coefficient (Wildman–Crippen LogP) is -0.160. The molecule has 0 aromatic rings. The van der Waals surface area contributed by atoms with Crippen LogP contribution in [0.4, 0.5) is 0 Å². The Morgan fingerprint density at radius 2 is 1.75 bits per heavy atom. The maximum atomic E-state index is 8.00. The fourth-order valence-electron chi connectivity index (χ4n) is 0.289. The van der Waals surface area contributed by atoms with E-state index in [1.807, 2.05) is 0 Å². The van der Waals surface area contributed by atoms with E-state index in [1.54, 1.807) is 0 Å². The number of nitrogens with zero attached hydrogens (tertiary/aromatic N) is 1. The number of nitrogens with two attached hydrogens (primary N) is 1. The largest absolute Gasteiger partial charge is 0.444 e. The fourth-order valence-corrected chi connectivity index (χ4v) is 0.289. The molecule has 0 unspecified atom stereocenters. The molecule has 4 nitrogen and oxygen atoms in total. The third-order valence-electron chi connectivity index (χ3n) is 0.577. The molecule has 0 fully saturated rings. The summed E-state index contributed by atoms with van der Waals surface area (Å²) in [6.45, 7) is 6.75. The van der Waals surface area contributed by atoms with Gasteiger partial charge in [0.1, 0.15) is 0 Å². The highest BCUT2D eigenvalue weighted by Gasteiger charge is 1.67. The molecule has 4 heteroatoms. The van der Waals surface area contributed by atoms with Crippen molar-refractivity contribution in [2.75, 3.05) is 13.1 Å². The lowest BCUT2D eigenvalue weighted by atomic mass is 10.7. The van der Waals surface area contributed by atoms with E-state index in [-0.39, 0.29) is 0 Å². The van der Waals surface area contributed by atoms with Gasteiger partial charge in [-0.3, -0.25) is 0 Å². The third kappa shape index (κ3) is 55.1. The molecule has 0 aliphatic rings. The molecule has 0 aliphatic carbocycles. The van der Waals surface area contributed by atoms with Crippen LogP contribution in [0.1, 0.15) is 13.8 Å². The molecular weight excluding hydrogens is 108 g/mol. The Bertz CT molecular complexity index is 39.0. The highest BCUT2D eigenvalue weighted by molar-refractivity contribution is 4.21. The van der Waals surface area contributed by atoms with E-state index in [4.69, 9.17) is 10.1 Å². The molecule has 0 saturated heterocycles. The summed E-state index contributed by atoms with van der Waals surface area (Å²) in [6, 6.07) is 0. The van der Waals surface area contributed by atoms with Crippen LogP contribution in [0.2, 0.25) is 0 Å². The van der Waals surface area contributed by atoms with E-state index in [0.29, 0.717) is 0 Å². The first-order valence-corrected chi connectivity index (χ1v) is 2.60. The first kappa shape index (κ1) is 10.4. The third-order valence-corrected chi connectivity index (χ3v) is 0.577. The summed E-state index contributed by atoms with van der Waals surface area (Å²) in [5.41, 5.74) is 0. The molecular formula is C4H12N2O2. The Morgan fingerprint density at radius 3 is 1.75 bits per heavy atom. The molecule has 0 aliphatic heterocycles. The average Bonchev–Trinajstić information content (AvgIpc) is 1.71. The van der Waals surface area contributed by atoms with E-state index >= 15 is 0 Å². The maximum absolute atomic E-state index is 8.00. The second-order valence-corrected chi connectivity index (χ2v) is 1.18. The number of rotatable bonds is 2. The zero-order valence-corrected chi connectivity index (χ0v) is 5.26. The van der Waals surface area contributed by atoms with Gasteiger partial charge >= 0.3 is 0 Å². The zero-order valence-electron chi connectivity index (χ0n) is 5.26. The summed E-state index contributed by atoms with van der Waals surface area (Å²) in [6.07, 6.45) is 0. The van der Waals surface area contributed by atoms with Gasteiger partial charge in [0.25, 0.3) is 0 Å². The summed E-state index contributed by atoms with van der Waals surface area (Å²) in [5, 5.41) is 11.2. The molecule has 0 aromatic heterocycles. The van der Waals surface area contributed by atoms with Crippen molar-refractivity contribution in [2.24, 2.45) is 5.34 Å². The van der Waals surface area contributed by atoms with Gasteiger partial charge in [-0.2, -0.15) is 0 Å². The lowest BCUT2D eigenvalue weighted by Crippen LogP contribution is -2.82. The quantitative estimate of drug-likeness (QED) is 0.406. The molecule has 0 radical (unpaired) electrons. The minimum Gasteiger partial charge on any atom is -0.444 e. The fraction of sp³-hybridized carbons (Fsp3) is 1.00. The predicted molar refractivity (Wildman–Crippen MR) is 32.2 cm³/mol.